The number of anilines is 1. The Balaban J connectivity index is 2.12. The van der Waals surface area contributed by atoms with E-state index in [0.717, 1.165) is 0 Å². The Labute approximate surface area is 136 Å². The summed E-state index contributed by atoms with van der Waals surface area (Å²) in [7, 11) is 0. The van der Waals surface area contributed by atoms with Gasteiger partial charge >= 0.3 is 0 Å². The summed E-state index contributed by atoms with van der Waals surface area (Å²) < 4.78 is 5.74. The van der Waals surface area contributed by atoms with E-state index < -0.39 is 11.1 Å². The molecule has 0 atom stereocenters. The summed E-state index contributed by atoms with van der Waals surface area (Å²) in [6, 6.07) is 7.29. The van der Waals surface area contributed by atoms with Crippen LogP contribution in [0.3, 0.4) is 0 Å². The standard InChI is InChI=1S/C17H24N2O4/c1-16(2,11-20)18-14(21)9-10-19-12-7-5-6-8-13(12)23-17(3,4)15(19)22/h5-8,20H,9-11H2,1-4H3,(H,18,21). The molecule has 1 aromatic carbocycles. The Morgan fingerprint density at radius 2 is 2.00 bits per heavy atom. The van der Waals surface area contributed by atoms with Crippen molar-refractivity contribution in [3.05, 3.63) is 24.3 Å². The smallest absolute Gasteiger partial charge is 0.270 e. The van der Waals surface area contributed by atoms with Crippen LogP contribution in [0.4, 0.5) is 5.69 Å². The third-order valence-corrected chi connectivity index (χ3v) is 3.72. The zero-order valence-corrected chi connectivity index (χ0v) is 14.0. The van der Waals surface area contributed by atoms with Crippen LogP contribution in [0, 0.1) is 0 Å². The normalized spacial score (nSPS) is 16.6. The third-order valence-electron chi connectivity index (χ3n) is 3.72. The van der Waals surface area contributed by atoms with E-state index >= 15 is 0 Å². The van der Waals surface area contributed by atoms with E-state index in [-0.39, 0.29) is 31.4 Å². The Morgan fingerprint density at radius 3 is 2.65 bits per heavy atom. The van der Waals surface area contributed by atoms with Crippen molar-refractivity contribution in [2.75, 3.05) is 18.1 Å². The van der Waals surface area contributed by atoms with E-state index in [1.54, 1.807) is 38.7 Å². The number of carbonyl (C=O) groups excluding carboxylic acids is 2. The molecule has 126 valence electrons. The molecule has 2 N–H and O–H groups in total. The Bertz CT molecular complexity index is 610. The van der Waals surface area contributed by atoms with Gasteiger partial charge in [0.2, 0.25) is 5.91 Å². The predicted octanol–water partition coefficient (Wildman–Crippen LogP) is 1.47. The van der Waals surface area contributed by atoms with Gasteiger partial charge in [0, 0.05) is 13.0 Å². The van der Waals surface area contributed by atoms with Gasteiger partial charge in [0.15, 0.2) is 5.60 Å². The second-order valence-electron chi connectivity index (χ2n) is 6.88. The first-order valence-corrected chi connectivity index (χ1v) is 7.68. The molecule has 0 saturated heterocycles. The fourth-order valence-electron chi connectivity index (χ4n) is 2.43. The summed E-state index contributed by atoms with van der Waals surface area (Å²) in [5.41, 5.74) is -0.968. The first-order valence-electron chi connectivity index (χ1n) is 7.68. The number of nitrogens with zero attached hydrogens (tertiary/aromatic N) is 1. The van der Waals surface area contributed by atoms with Crippen molar-refractivity contribution in [3.8, 4) is 5.75 Å². The number of aliphatic hydroxyl groups is 1. The van der Waals surface area contributed by atoms with E-state index in [0.29, 0.717) is 11.4 Å². The van der Waals surface area contributed by atoms with Gasteiger partial charge in [0.05, 0.1) is 17.8 Å². The highest BCUT2D eigenvalue weighted by Gasteiger charge is 2.40. The molecule has 0 unspecified atom stereocenters. The van der Waals surface area contributed by atoms with Gasteiger partial charge in [-0.15, -0.1) is 0 Å². The first-order chi connectivity index (χ1) is 10.7. The molecule has 0 saturated carbocycles. The number of para-hydroxylation sites is 2. The molecule has 1 aliphatic rings. The van der Waals surface area contributed by atoms with Crippen LogP contribution in [-0.2, 0) is 9.59 Å². The maximum Gasteiger partial charge on any atom is 0.270 e. The van der Waals surface area contributed by atoms with Gasteiger partial charge in [-0.05, 0) is 39.8 Å². The van der Waals surface area contributed by atoms with Crippen molar-refractivity contribution in [2.24, 2.45) is 0 Å². The molecule has 6 nitrogen and oxygen atoms in total. The van der Waals surface area contributed by atoms with Gasteiger partial charge in [0.25, 0.3) is 5.91 Å². The molecule has 6 heteroatoms. The molecule has 23 heavy (non-hydrogen) atoms. The maximum absolute atomic E-state index is 12.6. The Morgan fingerprint density at radius 1 is 1.35 bits per heavy atom. The lowest BCUT2D eigenvalue weighted by Gasteiger charge is -2.38. The molecule has 0 radical (unpaired) electrons. The minimum absolute atomic E-state index is 0.148. The Hall–Kier alpha value is -2.08. The van der Waals surface area contributed by atoms with E-state index in [4.69, 9.17) is 4.74 Å². The minimum atomic E-state index is -0.963. The van der Waals surface area contributed by atoms with Gasteiger partial charge in [-0.1, -0.05) is 12.1 Å². The SMILES string of the molecule is CC(C)(CO)NC(=O)CCN1C(=O)C(C)(C)Oc2ccccc21. The topological polar surface area (TPSA) is 78.9 Å². The number of ether oxygens (including phenoxy) is 1. The summed E-state index contributed by atoms with van der Waals surface area (Å²) in [6.07, 6.45) is 0.152. The Kier molecular flexibility index (Phi) is 4.66. The van der Waals surface area contributed by atoms with Crippen molar-refractivity contribution in [2.45, 2.75) is 45.3 Å². The van der Waals surface area contributed by atoms with E-state index in [9.17, 15) is 14.7 Å². The molecule has 2 rings (SSSR count). The van der Waals surface area contributed by atoms with Crippen LogP contribution in [-0.4, -0.2) is 41.2 Å². The lowest BCUT2D eigenvalue weighted by molar-refractivity contribution is -0.132. The highest BCUT2D eigenvalue weighted by atomic mass is 16.5. The van der Waals surface area contributed by atoms with Crippen molar-refractivity contribution >= 4 is 17.5 Å². The molecular formula is C17H24N2O4. The van der Waals surface area contributed by atoms with Crippen LogP contribution < -0.4 is 15.0 Å². The van der Waals surface area contributed by atoms with Gasteiger partial charge in [0.1, 0.15) is 5.75 Å². The summed E-state index contributed by atoms with van der Waals surface area (Å²) in [6.45, 7) is 7.02. The van der Waals surface area contributed by atoms with Crippen molar-refractivity contribution in [1.29, 1.82) is 0 Å². The van der Waals surface area contributed by atoms with Gasteiger partial charge in [-0.2, -0.15) is 0 Å². The van der Waals surface area contributed by atoms with E-state index in [1.165, 1.54) is 0 Å². The number of hydrogen-bond acceptors (Lipinski definition) is 4. The second-order valence-corrected chi connectivity index (χ2v) is 6.88. The fraction of sp³-hybridized carbons (Fsp3) is 0.529. The zero-order valence-electron chi connectivity index (χ0n) is 14.0. The molecule has 0 aromatic heterocycles. The molecule has 0 fully saturated rings. The van der Waals surface area contributed by atoms with E-state index in [2.05, 4.69) is 5.32 Å². The number of amides is 2. The second kappa shape index (κ2) is 6.20. The molecule has 1 heterocycles. The van der Waals surface area contributed by atoms with Crippen LogP contribution in [0.5, 0.6) is 5.75 Å². The fourth-order valence-corrected chi connectivity index (χ4v) is 2.43. The van der Waals surface area contributed by atoms with Crippen LogP contribution in [0.25, 0.3) is 0 Å². The largest absolute Gasteiger partial charge is 0.476 e. The molecular weight excluding hydrogens is 296 g/mol. The number of fused-ring (bicyclic) bond motifs is 1. The predicted molar refractivity (Wildman–Crippen MR) is 87.4 cm³/mol. The summed E-state index contributed by atoms with van der Waals surface area (Å²) in [5.74, 6) is 0.247. The van der Waals surface area contributed by atoms with Crippen molar-refractivity contribution < 1.29 is 19.4 Å². The van der Waals surface area contributed by atoms with Gasteiger partial charge in [-0.25, -0.2) is 0 Å². The molecule has 1 aliphatic heterocycles. The summed E-state index contributed by atoms with van der Waals surface area (Å²) >= 11 is 0. The molecule has 2 amide bonds. The van der Waals surface area contributed by atoms with E-state index in [1.807, 2.05) is 18.2 Å². The average Bonchev–Trinajstić information content (AvgIpc) is 2.47. The number of nitrogens with one attached hydrogen (secondary N) is 1. The van der Waals surface area contributed by atoms with Crippen LogP contribution in [0.2, 0.25) is 0 Å². The first kappa shape index (κ1) is 17.3. The lowest BCUT2D eigenvalue weighted by Crippen LogP contribution is -2.53. The molecule has 0 spiro atoms. The van der Waals surface area contributed by atoms with Gasteiger partial charge in [-0.3, -0.25) is 9.59 Å². The zero-order chi connectivity index (χ0) is 17.3. The lowest BCUT2D eigenvalue weighted by atomic mass is 10.0. The summed E-state index contributed by atoms with van der Waals surface area (Å²) in [5, 5.41) is 12.0. The number of benzene rings is 1. The molecule has 0 bridgehead atoms. The molecule has 0 aliphatic carbocycles. The molecule has 1 aromatic rings. The summed E-state index contributed by atoms with van der Waals surface area (Å²) in [4.78, 5) is 26.2. The van der Waals surface area contributed by atoms with Crippen molar-refractivity contribution in [1.82, 2.24) is 5.32 Å². The average molecular weight is 320 g/mol. The third kappa shape index (κ3) is 3.82. The number of hydrogen-bond donors (Lipinski definition) is 2. The minimum Gasteiger partial charge on any atom is -0.476 e. The highest BCUT2D eigenvalue weighted by Crippen LogP contribution is 2.37. The highest BCUT2D eigenvalue weighted by molar-refractivity contribution is 6.02. The van der Waals surface area contributed by atoms with Crippen LogP contribution in [0.1, 0.15) is 34.1 Å². The van der Waals surface area contributed by atoms with Crippen LogP contribution in [0.15, 0.2) is 24.3 Å². The van der Waals surface area contributed by atoms with Crippen LogP contribution >= 0.6 is 0 Å². The maximum atomic E-state index is 12.6. The number of carbonyl (C=O) groups is 2. The number of aliphatic hydroxyl groups excluding tert-OH is 1. The number of rotatable bonds is 5. The van der Waals surface area contributed by atoms with Gasteiger partial charge < -0.3 is 20.1 Å². The van der Waals surface area contributed by atoms with Crippen molar-refractivity contribution in [3.63, 3.8) is 0 Å². The monoisotopic (exact) mass is 320 g/mol. The quantitative estimate of drug-likeness (QED) is 0.861.